The van der Waals surface area contributed by atoms with E-state index in [0.717, 1.165) is 32.1 Å². The Morgan fingerprint density at radius 2 is 1.90 bits per heavy atom. The number of ether oxygens (including phenoxy) is 2. The Hall–Kier alpha value is -1.14. The molecule has 3 N–H and O–H groups in total. The molecule has 1 saturated carbocycles. The van der Waals surface area contributed by atoms with Crippen molar-refractivity contribution in [2.24, 2.45) is 5.73 Å². The van der Waals surface area contributed by atoms with Gasteiger partial charge >= 0.3 is 5.97 Å². The molecule has 0 aromatic rings. The molecule has 2 atom stereocenters. The van der Waals surface area contributed by atoms with Crippen LogP contribution in [0.4, 0.5) is 0 Å². The van der Waals surface area contributed by atoms with E-state index in [1.165, 1.54) is 7.11 Å². The van der Waals surface area contributed by atoms with Crippen molar-refractivity contribution < 1.29 is 19.1 Å². The molecule has 21 heavy (non-hydrogen) atoms. The minimum atomic E-state index is -0.882. The second-order valence-corrected chi connectivity index (χ2v) is 6.04. The van der Waals surface area contributed by atoms with Gasteiger partial charge in [-0.25, -0.2) is 4.79 Å². The van der Waals surface area contributed by atoms with E-state index in [1.807, 2.05) is 0 Å². The third kappa shape index (κ3) is 3.74. The fourth-order valence-electron chi connectivity index (χ4n) is 3.30. The number of nitrogens with one attached hydrogen (secondary N) is 1. The molecule has 0 spiro atoms. The SMILES string of the molecule is COC(=O)C1(NC(=O)[C@@H]2CC[C@H](CN)O2)CCCCCC1. The summed E-state index contributed by atoms with van der Waals surface area (Å²) in [6.45, 7) is 0.423. The molecule has 0 aromatic carbocycles. The maximum absolute atomic E-state index is 12.4. The highest BCUT2D eigenvalue weighted by molar-refractivity contribution is 5.90. The van der Waals surface area contributed by atoms with Gasteiger partial charge in [-0.1, -0.05) is 25.7 Å². The number of amides is 1. The smallest absolute Gasteiger partial charge is 0.331 e. The van der Waals surface area contributed by atoms with Crippen LogP contribution in [-0.2, 0) is 19.1 Å². The minimum Gasteiger partial charge on any atom is -0.467 e. The van der Waals surface area contributed by atoms with Crippen LogP contribution in [0.1, 0.15) is 51.4 Å². The number of carbonyl (C=O) groups excluding carboxylic acids is 2. The van der Waals surface area contributed by atoms with Crippen molar-refractivity contribution >= 4 is 11.9 Å². The van der Waals surface area contributed by atoms with Gasteiger partial charge in [0.05, 0.1) is 13.2 Å². The van der Waals surface area contributed by atoms with Gasteiger partial charge < -0.3 is 20.5 Å². The van der Waals surface area contributed by atoms with Crippen molar-refractivity contribution in [1.82, 2.24) is 5.32 Å². The van der Waals surface area contributed by atoms with E-state index >= 15 is 0 Å². The second kappa shape index (κ2) is 7.22. The molecule has 1 aliphatic carbocycles. The minimum absolute atomic E-state index is 0.0519. The highest BCUT2D eigenvalue weighted by Crippen LogP contribution is 2.29. The van der Waals surface area contributed by atoms with Crippen molar-refractivity contribution in [3.8, 4) is 0 Å². The summed E-state index contributed by atoms with van der Waals surface area (Å²) in [6, 6.07) is 0. The summed E-state index contributed by atoms with van der Waals surface area (Å²) < 4.78 is 10.6. The summed E-state index contributed by atoms with van der Waals surface area (Å²) in [7, 11) is 1.37. The molecule has 0 bridgehead atoms. The fraction of sp³-hybridized carbons (Fsp3) is 0.867. The van der Waals surface area contributed by atoms with E-state index in [2.05, 4.69) is 5.32 Å². The Balaban J connectivity index is 2.04. The van der Waals surface area contributed by atoms with Gasteiger partial charge in [-0.2, -0.15) is 0 Å². The topological polar surface area (TPSA) is 90.7 Å². The summed E-state index contributed by atoms with van der Waals surface area (Å²) >= 11 is 0. The van der Waals surface area contributed by atoms with Gasteiger partial charge in [0.15, 0.2) is 0 Å². The molecule has 1 saturated heterocycles. The van der Waals surface area contributed by atoms with Crippen LogP contribution in [0.15, 0.2) is 0 Å². The summed E-state index contributed by atoms with van der Waals surface area (Å²) in [5.41, 5.74) is 4.68. The van der Waals surface area contributed by atoms with Crippen molar-refractivity contribution in [2.75, 3.05) is 13.7 Å². The monoisotopic (exact) mass is 298 g/mol. The Morgan fingerprint density at radius 1 is 1.24 bits per heavy atom. The van der Waals surface area contributed by atoms with Crippen molar-refractivity contribution in [3.05, 3.63) is 0 Å². The first-order valence-corrected chi connectivity index (χ1v) is 7.87. The molecule has 2 fully saturated rings. The third-order valence-electron chi connectivity index (χ3n) is 4.56. The van der Waals surface area contributed by atoms with Crippen LogP contribution in [0, 0.1) is 0 Å². The highest BCUT2D eigenvalue weighted by atomic mass is 16.5. The van der Waals surface area contributed by atoms with Crippen LogP contribution in [0.2, 0.25) is 0 Å². The molecule has 6 heteroatoms. The number of esters is 1. The number of methoxy groups -OCH3 is 1. The molecule has 2 rings (SSSR count). The lowest BCUT2D eigenvalue weighted by atomic mass is 9.89. The zero-order chi connectivity index (χ0) is 15.3. The molecule has 0 radical (unpaired) electrons. The first-order chi connectivity index (χ1) is 10.1. The summed E-state index contributed by atoms with van der Waals surface area (Å²) in [6.07, 6.45) is 6.20. The maximum atomic E-state index is 12.4. The Labute approximate surface area is 125 Å². The van der Waals surface area contributed by atoms with Gasteiger partial charge in [0.1, 0.15) is 11.6 Å². The molecule has 1 aliphatic heterocycles. The zero-order valence-corrected chi connectivity index (χ0v) is 12.7. The number of nitrogens with two attached hydrogens (primary N) is 1. The van der Waals surface area contributed by atoms with E-state index < -0.39 is 11.6 Å². The number of hydrogen-bond donors (Lipinski definition) is 2. The van der Waals surface area contributed by atoms with Gasteiger partial charge in [0, 0.05) is 6.54 Å². The first kappa shape index (κ1) is 16.2. The molecule has 1 heterocycles. The maximum Gasteiger partial charge on any atom is 0.331 e. The van der Waals surface area contributed by atoms with E-state index in [0.29, 0.717) is 25.8 Å². The van der Waals surface area contributed by atoms with Crippen LogP contribution in [0.3, 0.4) is 0 Å². The summed E-state index contributed by atoms with van der Waals surface area (Å²) in [5.74, 6) is -0.552. The molecule has 0 aromatic heterocycles. The van der Waals surface area contributed by atoms with Gasteiger partial charge in [-0.05, 0) is 25.7 Å². The molecule has 1 amide bonds. The van der Waals surface area contributed by atoms with E-state index in [1.54, 1.807) is 0 Å². The first-order valence-electron chi connectivity index (χ1n) is 7.87. The quantitative estimate of drug-likeness (QED) is 0.594. The molecular formula is C15H26N2O4. The Morgan fingerprint density at radius 3 is 2.43 bits per heavy atom. The number of carbonyl (C=O) groups is 2. The van der Waals surface area contributed by atoms with Crippen molar-refractivity contribution in [2.45, 2.75) is 69.1 Å². The van der Waals surface area contributed by atoms with Crippen LogP contribution in [0.5, 0.6) is 0 Å². The van der Waals surface area contributed by atoms with Gasteiger partial charge in [-0.3, -0.25) is 4.79 Å². The third-order valence-corrected chi connectivity index (χ3v) is 4.56. The summed E-state index contributed by atoms with van der Waals surface area (Å²) in [4.78, 5) is 24.6. The van der Waals surface area contributed by atoms with E-state index in [4.69, 9.17) is 15.2 Å². The molecule has 120 valence electrons. The van der Waals surface area contributed by atoms with Gasteiger partial charge in [0.25, 0.3) is 0 Å². The Kier molecular flexibility index (Phi) is 5.58. The highest BCUT2D eigenvalue weighted by Gasteiger charge is 2.43. The average molecular weight is 298 g/mol. The van der Waals surface area contributed by atoms with Gasteiger partial charge in [0.2, 0.25) is 5.91 Å². The zero-order valence-electron chi connectivity index (χ0n) is 12.7. The fourth-order valence-corrected chi connectivity index (χ4v) is 3.30. The average Bonchev–Trinajstić information content (AvgIpc) is 2.87. The molecule has 2 aliphatic rings. The predicted octanol–water partition coefficient (Wildman–Crippen LogP) is 0.875. The normalized spacial score (nSPS) is 28.7. The lowest BCUT2D eigenvalue weighted by Crippen LogP contribution is -2.57. The lowest BCUT2D eigenvalue weighted by Gasteiger charge is -2.31. The number of rotatable bonds is 4. The van der Waals surface area contributed by atoms with E-state index in [-0.39, 0.29) is 18.0 Å². The standard InChI is InChI=1S/C15H26N2O4/c1-20-14(19)15(8-4-2-3-5-9-15)17-13(18)12-7-6-11(10-16)21-12/h11-12H,2-10,16H2,1H3,(H,17,18)/t11-,12+/m1/s1. The number of hydrogen-bond acceptors (Lipinski definition) is 5. The molecular weight excluding hydrogens is 272 g/mol. The van der Waals surface area contributed by atoms with Crippen molar-refractivity contribution in [1.29, 1.82) is 0 Å². The second-order valence-electron chi connectivity index (χ2n) is 6.04. The van der Waals surface area contributed by atoms with E-state index in [9.17, 15) is 9.59 Å². The lowest BCUT2D eigenvalue weighted by molar-refractivity contribution is -0.153. The summed E-state index contributed by atoms with van der Waals surface area (Å²) in [5, 5.41) is 2.93. The van der Waals surface area contributed by atoms with Gasteiger partial charge in [-0.15, -0.1) is 0 Å². The van der Waals surface area contributed by atoms with Crippen LogP contribution in [0.25, 0.3) is 0 Å². The van der Waals surface area contributed by atoms with Crippen LogP contribution in [-0.4, -0.2) is 43.3 Å². The molecule has 0 unspecified atom stereocenters. The van der Waals surface area contributed by atoms with Crippen molar-refractivity contribution in [3.63, 3.8) is 0 Å². The Bertz CT molecular complexity index is 378. The van der Waals surface area contributed by atoms with Crippen LogP contribution < -0.4 is 11.1 Å². The molecule has 6 nitrogen and oxygen atoms in total. The van der Waals surface area contributed by atoms with Crippen LogP contribution >= 0.6 is 0 Å². The predicted molar refractivity (Wildman–Crippen MR) is 77.5 cm³/mol. The largest absolute Gasteiger partial charge is 0.467 e.